The minimum absolute atomic E-state index is 0.311. The number of carbonyl (C=O) groups is 1. The van der Waals surface area contributed by atoms with Crippen molar-refractivity contribution in [1.82, 2.24) is 15.0 Å². The van der Waals surface area contributed by atoms with Gasteiger partial charge >= 0.3 is 0 Å². The number of aryl methyl sites for hydroxylation is 1. The fraction of sp³-hybridized carbons (Fsp3) is 0.222. The van der Waals surface area contributed by atoms with Crippen LogP contribution in [-0.4, -0.2) is 20.9 Å². The molecule has 8 heteroatoms. The van der Waals surface area contributed by atoms with Gasteiger partial charge in [0.15, 0.2) is 5.82 Å². The maximum absolute atomic E-state index is 13.1. The lowest BCUT2D eigenvalue weighted by Gasteiger charge is -2.17. The van der Waals surface area contributed by atoms with E-state index >= 15 is 0 Å². The van der Waals surface area contributed by atoms with E-state index in [0.717, 1.165) is 16.7 Å². The summed E-state index contributed by atoms with van der Waals surface area (Å²) in [7, 11) is 0. The topological polar surface area (TPSA) is 144 Å². The summed E-state index contributed by atoms with van der Waals surface area (Å²) in [6.45, 7) is 7.33. The third kappa shape index (κ3) is 6.09. The number of nitrogens with zero attached hydrogens (tertiary/aromatic N) is 4. The summed E-state index contributed by atoms with van der Waals surface area (Å²) in [5, 5.41) is 12.3. The number of allylic oxidation sites excluding steroid dienone is 2. The Kier molecular flexibility index (Phi) is 7.62. The number of hydrogen-bond acceptors (Lipinski definition) is 7. The van der Waals surface area contributed by atoms with Crippen molar-refractivity contribution < 1.29 is 4.79 Å². The first-order valence-electron chi connectivity index (χ1n) is 11.2. The maximum atomic E-state index is 13.1. The van der Waals surface area contributed by atoms with E-state index < -0.39 is 5.41 Å². The number of amides is 1. The number of pyridine rings is 1. The molecule has 0 bridgehead atoms. The fourth-order valence-corrected chi connectivity index (χ4v) is 3.26. The molecule has 1 amide bonds. The number of nitriles is 1. The minimum atomic E-state index is -0.881. The molecule has 178 valence electrons. The molecule has 0 aliphatic rings. The molecule has 0 saturated heterocycles. The van der Waals surface area contributed by atoms with Gasteiger partial charge in [-0.15, -0.1) is 0 Å². The van der Waals surface area contributed by atoms with Gasteiger partial charge in [-0.3, -0.25) is 4.79 Å². The zero-order valence-corrected chi connectivity index (χ0v) is 20.3. The van der Waals surface area contributed by atoms with Crippen molar-refractivity contribution in [1.29, 1.82) is 5.26 Å². The largest absolute Gasteiger partial charge is 0.401 e. The molecule has 0 aliphatic heterocycles. The Balaban J connectivity index is 1.92. The van der Waals surface area contributed by atoms with Crippen LogP contribution in [-0.2, 0) is 4.79 Å². The lowest BCUT2D eigenvalue weighted by molar-refractivity contribution is -0.112. The molecule has 3 aromatic rings. The number of nitrogens with one attached hydrogen (secondary N) is 1. The van der Waals surface area contributed by atoms with Gasteiger partial charge in [0, 0.05) is 40.5 Å². The van der Waals surface area contributed by atoms with Crippen LogP contribution in [0.4, 0.5) is 11.5 Å². The molecule has 5 N–H and O–H groups in total. The van der Waals surface area contributed by atoms with E-state index in [1.165, 1.54) is 0 Å². The number of anilines is 2. The summed E-state index contributed by atoms with van der Waals surface area (Å²) in [5.41, 5.74) is 15.7. The summed E-state index contributed by atoms with van der Waals surface area (Å²) < 4.78 is 0. The molecule has 0 unspecified atom stereocenters. The molecule has 0 fully saturated rings. The maximum Gasteiger partial charge on any atom is 0.255 e. The van der Waals surface area contributed by atoms with Gasteiger partial charge < -0.3 is 16.8 Å². The van der Waals surface area contributed by atoms with Gasteiger partial charge in [-0.2, -0.15) is 5.26 Å². The van der Waals surface area contributed by atoms with Crippen molar-refractivity contribution in [3.63, 3.8) is 0 Å². The van der Waals surface area contributed by atoms with E-state index in [1.807, 2.05) is 38.1 Å². The highest BCUT2D eigenvalue weighted by atomic mass is 16.1. The van der Waals surface area contributed by atoms with Crippen molar-refractivity contribution in [2.24, 2.45) is 11.1 Å². The summed E-state index contributed by atoms with van der Waals surface area (Å²) >= 11 is 0. The second kappa shape index (κ2) is 10.6. The van der Waals surface area contributed by atoms with E-state index in [2.05, 4.69) is 21.4 Å². The third-order valence-corrected chi connectivity index (χ3v) is 5.46. The first-order valence-corrected chi connectivity index (χ1v) is 11.2. The van der Waals surface area contributed by atoms with Crippen molar-refractivity contribution in [2.45, 2.75) is 34.1 Å². The number of nitrogen functional groups attached to an aromatic ring is 1. The second-order valence-corrected chi connectivity index (χ2v) is 8.62. The van der Waals surface area contributed by atoms with Crippen molar-refractivity contribution >= 4 is 17.4 Å². The van der Waals surface area contributed by atoms with Crippen LogP contribution in [0.2, 0.25) is 0 Å². The molecule has 8 nitrogen and oxygen atoms in total. The molecular formula is C27H29N7O. The molecule has 3 rings (SSSR count). The molecule has 0 saturated carbocycles. The smallest absolute Gasteiger partial charge is 0.255 e. The molecule has 0 atom stereocenters. The highest BCUT2D eigenvalue weighted by molar-refractivity contribution is 6.06. The first kappa shape index (κ1) is 25.1. The summed E-state index contributed by atoms with van der Waals surface area (Å²) in [5.74, 6) is 0.606. The monoisotopic (exact) mass is 467 g/mol. The van der Waals surface area contributed by atoms with E-state index in [-0.39, 0.29) is 5.91 Å². The minimum Gasteiger partial charge on any atom is -0.401 e. The summed E-state index contributed by atoms with van der Waals surface area (Å²) in [4.78, 5) is 26.1. The van der Waals surface area contributed by atoms with Gasteiger partial charge in [0.2, 0.25) is 0 Å². The zero-order valence-electron chi connectivity index (χ0n) is 20.3. The second-order valence-electron chi connectivity index (χ2n) is 8.62. The number of nitrogens with two attached hydrogens (primary N) is 2. The summed E-state index contributed by atoms with van der Waals surface area (Å²) in [6.07, 6.45) is 7.28. The Morgan fingerprint density at radius 2 is 1.91 bits per heavy atom. The molecule has 0 aliphatic carbocycles. The van der Waals surface area contributed by atoms with Crippen LogP contribution < -0.4 is 16.8 Å². The van der Waals surface area contributed by atoms with Gasteiger partial charge in [0.1, 0.15) is 5.82 Å². The summed E-state index contributed by atoms with van der Waals surface area (Å²) in [6, 6.07) is 13.1. The van der Waals surface area contributed by atoms with Gasteiger partial charge in [0.05, 0.1) is 17.2 Å². The van der Waals surface area contributed by atoms with Gasteiger partial charge in [-0.05, 0) is 69.2 Å². The number of benzene rings is 1. The van der Waals surface area contributed by atoms with Gasteiger partial charge in [-0.25, -0.2) is 15.0 Å². The van der Waals surface area contributed by atoms with Gasteiger partial charge in [0.25, 0.3) is 5.91 Å². The lowest BCUT2D eigenvalue weighted by atomic mass is 9.90. The number of carbonyl (C=O) groups excluding carboxylic acids is 1. The van der Waals surface area contributed by atoms with Crippen molar-refractivity contribution in [3.8, 4) is 28.7 Å². The number of rotatable bonds is 7. The van der Waals surface area contributed by atoms with Crippen LogP contribution in [0.1, 0.15) is 32.8 Å². The SMILES string of the molecule is CC/C=C(\C=C(/N)C(C)(C)C#N)C(=O)Nc1ccc(C)c(-c2ccnc(-c3ccnc(N)c3)n2)c1. The van der Waals surface area contributed by atoms with E-state index in [0.29, 0.717) is 40.7 Å². The zero-order chi connectivity index (χ0) is 25.6. The Hall–Kier alpha value is -4.51. The molecule has 35 heavy (non-hydrogen) atoms. The Morgan fingerprint density at radius 1 is 1.17 bits per heavy atom. The van der Waals surface area contributed by atoms with Crippen molar-refractivity contribution in [2.75, 3.05) is 11.1 Å². The molecule has 2 heterocycles. The first-order chi connectivity index (χ1) is 16.6. The molecule has 0 spiro atoms. The number of hydrogen-bond donors (Lipinski definition) is 3. The average molecular weight is 468 g/mol. The van der Waals surface area contributed by atoms with E-state index in [1.54, 1.807) is 50.5 Å². The third-order valence-electron chi connectivity index (χ3n) is 5.46. The quantitative estimate of drug-likeness (QED) is 0.335. The van der Waals surface area contributed by atoms with Crippen LogP contribution in [0.5, 0.6) is 0 Å². The lowest BCUT2D eigenvalue weighted by Crippen LogP contribution is -2.21. The van der Waals surface area contributed by atoms with E-state index in [9.17, 15) is 10.1 Å². The van der Waals surface area contributed by atoms with Crippen molar-refractivity contribution in [3.05, 3.63) is 77.8 Å². The fourth-order valence-electron chi connectivity index (χ4n) is 3.26. The molecular weight excluding hydrogens is 438 g/mol. The molecule has 0 radical (unpaired) electrons. The predicted molar refractivity (Wildman–Crippen MR) is 139 cm³/mol. The standard InChI is InChI=1S/C27H29N7O/c1-5-6-19(13-23(29)27(3,4)16-28)26(35)33-20-8-7-17(2)21(15-20)22-10-12-32-25(34-22)18-9-11-31-24(30)14-18/h6-15H,5,29H2,1-4H3,(H2,30,31)(H,33,35)/b19-6+,23-13-. The Bertz CT molecular complexity index is 1350. The highest BCUT2D eigenvalue weighted by Crippen LogP contribution is 2.28. The Morgan fingerprint density at radius 3 is 2.60 bits per heavy atom. The van der Waals surface area contributed by atoms with Crippen LogP contribution in [0.25, 0.3) is 22.6 Å². The van der Waals surface area contributed by atoms with E-state index in [4.69, 9.17) is 16.5 Å². The van der Waals surface area contributed by atoms with Crippen LogP contribution in [0, 0.1) is 23.7 Å². The van der Waals surface area contributed by atoms with Crippen LogP contribution in [0.3, 0.4) is 0 Å². The van der Waals surface area contributed by atoms with Crippen LogP contribution in [0.15, 0.2) is 72.2 Å². The Labute approximate surface area is 205 Å². The number of aromatic nitrogens is 3. The van der Waals surface area contributed by atoms with Gasteiger partial charge in [-0.1, -0.05) is 19.1 Å². The molecule has 1 aromatic carbocycles. The highest BCUT2D eigenvalue weighted by Gasteiger charge is 2.21. The normalized spacial score (nSPS) is 12.2. The average Bonchev–Trinajstić information content (AvgIpc) is 2.84. The van der Waals surface area contributed by atoms with Crippen LogP contribution >= 0.6 is 0 Å². The molecule has 2 aromatic heterocycles. The predicted octanol–water partition coefficient (Wildman–Crippen LogP) is 4.76.